The zero-order valence-electron chi connectivity index (χ0n) is 21.0. The van der Waals surface area contributed by atoms with Crippen molar-refractivity contribution < 1.29 is 9.47 Å². The van der Waals surface area contributed by atoms with Crippen LogP contribution in [0.4, 0.5) is 0 Å². The van der Waals surface area contributed by atoms with Crippen LogP contribution in [-0.2, 0) is 9.47 Å². The van der Waals surface area contributed by atoms with Crippen LogP contribution in [0, 0.1) is 5.92 Å². The van der Waals surface area contributed by atoms with E-state index < -0.39 is 7.92 Å². The molecule has 5 heteroatoms. The Morgan fingerprint density at radius 2 is 1.53 bits per heavy atom. The number of ether oxygens (including phenoxy) is 2. The molecule has 4 aromatic rings. The zero-order valence-corrected chi connectivity index (χ0v) is 21.9. The molecule has 184 valence electrons. The maximum absolute atomic E-state index is 6.46. The van der Waals surface area contributed by atoms with E-state index in [1.54, 1.807) is 0 Å². The molecule has 0 aliphatic carbocycles. The highest BCUT2D eigenvalue weighted by atomic mass is 31.1. The van der Waals surface area contributed by atoms with Crippen LogP contribution >= 0.6 is 7.92 Å². The zero-order chi connectivity index (χ0) is 24.5. The van der Waals surface area contributed by atoms with E-state index in [1.807, 2.05) is 0 Å². The van der Waals surface area contributed by atoms with E-state index >= 15 is 0 Å². The second-order valence-corrected chi connectivity index (χ2v) is 12.1. The van der Waals surface area contributed by atoms with Crippen molar-refractivity contribution in [1.82, 2.24) is 4.57 Å². The van der Waals surface area contributed by atoms with Gasteiger partial charge < -0.3 is 14.0 Å². The van der Waals surface area contributed by atoms with Crippen LogP contribution in [0.1, 0.15) is 44.9 Å². The SMILES string of the molecule is CC(C)[C@H]1COC(c2c(P(c3ccccc3)c3ccccc3)n([C@H]3CCCCO3)c3ccccc23)=N1. The third kappa shape index (κ3) is 4.27. The summed E-state index contributed by atoms with van der Waals surface area (Å²) in [6, 6.07) is 30.8. The minimum absolute atomic E-state index is 0.00715. The highest BCUT2D eigenvalue weighted by Gasteiger charge is 2.35. The summed E-state index contributed by atoms with van der Waals surface area (Å²) in [5.74, 6) is 1.22. The maximum atomic E-state index is 6.46. The Morgan fingerprint density at radius 3 is 2.14 bits per heavy atom. The largest absolute Gasteiger partial charge is 0.475 e. The molecule has 4 nitrogen and oxygen atoms in total. The summed E-state index contributed by atoms with van der Waals surface area (Å²) in [6.45, 7) is 5.89. The van der Waals surface area contributed by atoms with Gasteiger partial charge in [0.25, 0.3) is 0 Å². The van der Waals surface area contributed by atoms with Crippen LogP contribution in [-0.4, -0.2) is 29.7 Å². The van der Waals surface area contributed by atoms with E-state index in [0.717, 1.165) is 30.9 Å². The smallest absolute Gasteiger partial charge is 0.219 e. The first-order chi connectivity index (χ1) is 17.7. The van der Waals surface area contributed by atoms with Gasteiger partial charge in [0, 0.05) is 19.9 Å². The molecule has 1 saturated heterocycles. The second kappa shape index (κ2) is 10.2. The van der Waals surface area contributed by atoms with Gasteiger partial charge in [0.2, 0.25) is 5.90 Å². The minimum atomic E-state index is -0.883. The van der Waals surface area contributed by atoms with E-state index in [2.05, 4.69) is 103 Å². The van der Waals surface area contributed by atoms with Gasteiger partial charge in [-0.1, -0.05) is 92.7 Å². The summed E-state index contributed by atoms with van der Waals surface area (Å²) in [5, 5.41) is 3.84. The second-order valence-electron chi connectivity index (χ2n) is 9.97. The van der Waals surface area contributed by atoms with E-state index in [1.165, 1.54) is 33.4 Å². The minimum Gasteiger partial charge on any atom is -0.475 e. The highest BCUT2D eigenvalue weighted by Crippen LogP contribution is 2.41. The predicted octanol–water partition coefficient (Wildman–Crippen LogP) is 5.90. The Labute approximate surface area is 214 Å². The average Bonchev–Trinajstić information content (AvgIpc) is 3.54. The highest BCUT2D eigenvalue weighted by molar-refractivity contribution is 7.79. The molecule has 36 heavy (non-hydrogen) atoms. The van der Waals surface area contributed by atoms with Crippen molar-refractivity contribution in [2.24, 2.45) is 10.9 Å². The summed E-state index contributed by atoms with van der Waals surface area (Å²) >= 11 is 0. The number of nitrogens with zero attached hydrogens (tertiary/aromatic N) is 2. The fourth-order valence-electron chi connectivity index (χ4n) is 5.31. The predicted molar refractivity (Wildman–Crippen MR) is 151 cm³/mol. The first-order valence-corrected chi connectivity index (χ1v) is 14.4. The van der Waals surface area contributed by atoms with Gasteiger partial charge in [-0.3, -0.25) is 0 Å². The topological polar surface area (TPSA) is 35.8 Å². The number of rotatable bonds is 6. The van der Waals surface area contributed by atoms with Crippen molar-refractivity contribution in [3.8, 4) is 0 Å². The normalized spacial score (nSPS) is 20.2. The van der Waals surface area contributed by atoms with Gasteiger partial charge >= 0.3 is 0 Å². The van der Waals surface area contributed by atoms with Gasteiger partial charge in [-0.25, -0.2) is 4.99 Å². The van der Waals surface area contributed by atoms with Gasteiger partial charge in [0.1, 0.15) is 12.8 Å². The molecule has 3 heterocycles. The standard InChI is InChI=1S/C31H33N2O2P/c1-22(2)26-21-35-30(32-26)29-25-17-9-10-18-27(25)33(28-19-11-12-20-34-28)31(29)36(23-13-5-3-6-14-23)24-15-7-4-8-16-24/h3-10,13-18,22,26,28H,11-12,19-21H2,1-2H3/t26-,28-/m1/s1. The summed E-state index contributed by atoms with van der Waals surface area (Å²) < 4.78 is 15.3. The van der Waals surface area contributed by atoms with Gasteiger partial charge in [0.15, 0.2) is 0 Å². The number of hydrogen-bond donors (Lipinski definition) is 0. The van der Waals surface area contributed by atoms with Gasteiger partial charge in [-0.05, 0) is 41.9 Å². The molecule has 0 saturated carbocycles. The molecule has 0 spiro atoms. The van der Waals surface area contributed by atoms with Crippen LogP contribution in [0.15, 0.2) is 89.9 Å². The van der Waals surface area contributed by atoms with E-state index in [-0.39, 0.29) is 12.3 Å². The molecule has 2 atom stereocenters. The molecule has 0 N–H and O–H groups in total. The third-order valence-corrected chi connectivity index (χ3v) is 9.72. The van der Waals surface area contributed by atoms with Crippen LogP contribution < -0.4 is 16.0 Å². The maximum Gasteiger partial charge on any atom is 0.219 e. The van der Waals surface area contributed by atoms with Crippen LogP contribution in [0.25, 0.3) is 10.9 Å². The Kier molecular flexibility index (Phi) is 6.65. The van der Waals surface area contributed by atoms with Gasteiger partial charge in [-0.15, -0.1) is 0 Å². The molecule has 0 bridgehead atoms. The lowest BCUT2D eigenvalue weighted by atomic mass is 10.1. The summed E-state index contributed by atoms with van der Waals surface area (Å²) in [5.41, 5.74) is 3.62. The van der Waals surface area contributed by atoms with E-state index in [4.69, 9.17) is 14.5 Å². The van der Waals surface area contributed by atoms with E-state index in [9.17, 15) is 0 Å². The first-order valence-electron chi connectivity index (χ1n) is 13.1. The fraction of sp³-hybridized carbons (Fsp3) is 0.323. The van der Waals surface area contributed by atoms with Crippen LogP contribution in [0.2, 0.25) is 0 Å². The third-order valence-electron chi connectivity index (χ3n) is 7.23. The van der Waals surface area contributed by atoms with E-state index in [0.29, 0.717) is 12.5 Å². The Balaban J connectivity index is 1.68. The molecule has 0 amide bonds. The molecule has 3 aromatic carbocycles. The average molecular weight is 497 g/mol. The van der Waals surface area contributed by atoms with Crippen molar-refractivity contribution in [3.05, 3.63) is 90.5 Å². The number of aromatic nitrogens is 1. The molecule has 1 fully saturated rings. The fourth-order valence-corrected chi connectivity index (χ4v) is 7.93. The van der Waals surface area contributed by atoms with Gasteiger partial charge in [-0.2, -0.15) is 0 Å². The monoisotopic (exact) mass is 496 g/mol. The Bertz CT molecular complexity index is 1320. The van der Waals surface area contributed by atoms with Crippen molar-refractivity contribution in [2.75, 3.05) is 13.2 Å². The molecular weight excluding hydrogens is 463 g/mol. The quantitative estimate of drug-likeness (QED) is 0.312. The molecule has 0 unspecified atom stereocenters. The van der Waals surface area contributed by atoms with Crippen molar-refractivity contribution >= 4 is 40.8 Å². The summed E-state index contributed by atoms with van der Waals surface area (Å²) in [7, 11) is -0.883. The van der Waals surface area contributed by atoms with Crippen molar-refractivity contribution in [3.63, 3.8) is 0 Å². The lowest BCUT2D eigenvalue weighted by molar-refractivity contribution is -0.0274. The molecule has 2 aliphatic rings. The summed E-state index contributed by atoms with van der Waals surface area (Å²) in [4.78, 5) is 5.15. The number of hydrogen-bond acceptors (Lipinski definition) is 3. The number of fused-ring (bicyclic) bond motifs is 1. The lowest BCUT2D eigenvalue weighted by Crippen LogP contribution is -2.33. The molecule has 1 aromatic heterocycles. The Morgan fingerprint density at radius 1 is 0.861 bits per heavy atom. The molecule has 6 rings (SSSR count). The molecule has 0 radical (unpaired) electrons. The van der Waals surface area contributed by atoms with Crippen molar-refractivity contribution in [2.45, 2.75) is 45.4 Å². The number of aliphatic imine (C=N–C) groups is 1. The molecular formula is C31H33N2O2P. The number of benzene rings is 3. The Hall–Kier alpha value is -2.94. The van der Waals surface area contributed by atoms with Gasteiger partial charge in [0.05, 0.1) is 22.6 Å². The lowest BCUT2D eigenvalue weighted by Gasteiger charge is -2.30. The van der Waals surface area contributed by atoms with Crippen LogP contribution in [0.3, 0.4) is 0 Å². The van der Waals surface area contributed by atoms with Crippen LogP contribution in [0.5, 0.6) is 0 Å². The number of para-hydroxylation sites is 1. The molecule has 2 aliphatic heterocycles. The van der Waals surface area contributed by atoms with Crippen molar-refractivity contribution in [1.29, 1.82) is 0 Å². The first kappa shape index (κ1) is 23.5. The summed E-state index contributed by atoms with van der Waals surface area (Å²) in [6.07, 6.45) is 3.32.